The normalized spacial score (nSPS) is 10.8. The lowest BCUT2D eigenvalue weighted by molar-refractivity contribution is -0.112. The number of nitriles is 1. The van der Waals surface area contributed by atoms with Crippen molar-refractivity contribution in [2.45, 2.75) is 0 Å². The smallest absolute Gasteiger partial charge is 0.266 e. The van der Waals surface area contributed by atoms with E-state index in [-0.39, 0.29) is 10.6 Å². The van der Waals surface area contributed by atoms with Crippen molar-refractivity contribution in [1.82, 2.24) is 0 Å². The summed E-state index contributed by atoms with van der Waals surface area (Å²) in [5.74, 6) is -0.673. The molecule has 0 aliphatic carbocycles. The first kappa shape index (κ1) is 16.5. The molecule has 0 saturated carbocycles. The molecular formula is C17H12ClFN2O2. The van der Waals surface area contributed by atoms with Gasteiger partial charge in [-0.25, -0.2) is 4.39 Å². The molecule has 23 heavy (non-hydrogen) atoms. The Kier molecular flexibility index (Phi) is 5.34. The Morgan fingerprint density at radius 1 is 1.35 bits per heavy atom. The second-order valence-corrected chi connectivity index (χ2v) is 4.90. The number of nitrogens with one attached hydrogen (secondary N) is 1. The largest absolute Gasteiger partial charge is 0.496 e. The minimum Gasteiger partial charge on any atom is -0.496 e. The van der Waals surface area contributed by atoms with Crippen LogP contribution in [-0.4, -0.2) is 13.0 Å². The van der Waals surface area contributed by atoms with Gasteiger partial charge in [-0.1, -0.05) is 29.8 Å². The minimum atomic E-state index is -0.624. The Balaban J connectivity index is 2.26. The fourth-order valence-corrected chi connectivity index (χ4v) is 2.04. The highest BCUT2D eigenvalue weighted by atomic mass is 35.5. The predicted octanol–water partition coefficient (Wildman–Crippen LogP) is 4.03. The van der Waals surface area contributed by atoms with Crippen LogP contribution >= 0.6 is 11.6 Å². The second-order valence-electron chi connectivity index (χ2n) is 4.49. The highest BCUT2D eigenvalue weighted by Crippen LogP contribution is 2.22. The van der Waals surface area contributed by atoms with Gasteiger partial charge in [-0.2, -0.15) is 5.26 Å². The topological polar surface area (TPSA) is 62.1 Å². The lowest BCUT2D eigenvalue weighted by Crippen LogP contribution is -2.13. The summed E-state index contributed by atoms with van der Waals surface area (Å²) in [4.78, 5) is 12.2. The Bertz CT molecular complexity index is 812. The van der Waals surface area contributed by atoms with Crippen LogP contribution in [0.5, 0.6) is 5.75 Å². The van der Waals surface area contributed by atoms with Crippen molar-refractivity contribution >= 4 is 29.3 Å². The number of amides is 1. The number of anilines is 1. The summed E-state index contributed by atoms with van der Waals surface area (Å²) in [7, 11) is 1.50. The summed E-state index contributed by atoms with van der Waals surface area (Å²) in [6, 6.07) is 12.6. The molecule has 2 rings (SSSR count). The van der Waals surface area contributed by atoms with E-state index in [1.807, 2.05) is 6.07 Å². The van der Waals surface area contributed by atoms with Gasteiger partial charge in [0.2, 0.25) is 0 Å². The Labute approximate surface area is 137 Å². The molecule has 0 fully saturated rings. The number of carbonyl (C=O) groups excluding carboxylic acids is 1. The van der Waals surface area contributed by atoms with Gasteiger partial charge in [-0.05, 0) is 30.3 Å². The number of benzene rings is 2. The number of carbonyl (C=O) groups is 1. The van der Waals surface area contributed by atoms with Crippen LogP contribution in [0.2, 0.25) is 5.02 Å². The molecule has 0 aliphatic rings. The Morgan fingerprint density at radius 3 is 2.74 bits per heavy atom. The third-order valence-electron chi connectivity index (χ3n) is 2.98. The number of halogens is 2. The highest BCUT2D eigenvalue weighted by molar-refractivity contribution is 6.31. The van der Waals surface area contributed by atoms with E-state index >= 15 is 0 Å². The van der Waals surface area contributed by atoms with E-state index in [2.05, 4.69) is 5.32 Å². The highest BCUT2D eigenvalue weighted by Gasteiger charge is 2.12. The van der Waals surface area contributed by atoms with Crippen LogP contribution in [0.3, 0.4) is 0 Å². The molecule has 0 spiro atoms. The van der Waals surface area contributed by atoms with Crippen LogP contribution in [-0.2, 0) is 4.79 Å². The Morgan fingerprint density at radius 2 is 2.09 bits per heavy atom. The van der Waals surface area contributed by atoms with E-state index < -0.39 is 11.7 Å². The zero-order chi connectivity index (χ0) is 16.8. The molecule has 4 nitrogen and oxygen atoms in total. The van der Waals surface area contributed by atoms with Gasteiger partial charge in [0.1, 0.15) is 23.2 Å². The molecule has 0 aliphatic heterocycles. The summed E-state index contributed by atoms with van der Waals surface area (Å²) in [6.07, 6.45) is 1.42. The maximum Gasteiger partial charge on any atom is 0.266 e. The predicted molar refractivity (Wildman–Crippen MR) is 86.6 cm³/mol. The van der Waals surface area contributed by atoms with E-state index in [1.54, 1.807) is 24.3 Å². The first-order chi connectivity index (χ1) is 11.0. The molecule has 0 atom stereocenters. The summed E-state index contributed by atoms with van der Waals surface area (Å²) in [5, 5.41) is 11.6. The van der Waals surface area contributed by atoms with Gasteiger partial charge < -0.3 is 10.1 Å². The molecule has 2 aromatic rings. The number of rotatable bonds is 4. The molecule has 2 aromatic carbocycles. The van der Waals surface area contributed by atoms with Gasteiger partial charge in [-0.15, -0.1) is 0 Å². The first-order valence-corrected chi connectivity index (χ1v) is 6.94. The quantitative estimate of drug-likeness (QED) is 0.680. The zero-order valence-corrected chi connectivity index (χ0v) is 12.9. The van der Waals surface area contributed by atoms with E-state index in [1.165, 1.54) is 25.3 Å². The molecule has 6 heteroatoms. The van der Waals surface area contributed by atoms with Crippen LogP contribution < -0.4 is 10.1 Å². The van der Waals surface area contributed by atoms with Gasteiger partial charge in [0.15, 0.2) is 0 Å². The van der Waals surface area contributed by atoms with Crippen LogP contribution in [0.1, 0.15) is 5.56 Å². The molecule has 116 valence electrons. The maximum atomic E-state index is 13.1. The molecule has 0 bridgehead atoms. The standard InChI is InChI=1S/C17H12ClFN2O2/c1-23-16-5-3-2-4-11(16)8-12(10-20)17(22)21-13-6-7-15(19)14(18)9-13/h2-9H,1H3,(H,21,22)/b12-8+. The van der Waals surface area contributed by atoms with E-state index in [0.29, 0.717) is 17.0 Å². The van der Waals surface area contributed by atoms with Crippen LogP contribution in [0.25, 0.3) is 6.08 Å². The van der Waals surface area contributed by atoms with Crippen molar-refractivity contribution < 1.29 is 13.9 Å². The van der Waals surface area contributed by atoms with Crippen LogP contribution in [0, 0.1) is 17.1 Å². The lowest BCUT2D eigenvalue weighted by Gasteiger charge is -2.07. The summed E-state index contributed by atoms with van der Waals surface area (Å²) < 4.78 is 18.3. The van der Waals surface area contributed by atoms with Crippen LogP contribution in [0.15, 0.2) is 48.0 Å². The number of hydrogen-bond acceptors (Lipinski definition) is 3. The van der Waals surface area contributed by atoms with Crippen molar-refractivity contribution in [3.8, 4) is 11.8 Å². The van der Waals surface area contributed by atoms with Gasteiger partial charge in [0.05, 0.1) is 12.1 Å². The summed E-state index contributed by atoms with van der Waals surface area (Å²) in [6.45, 7) is 0. The fourth-order valence-electron chi connectivity index (χ4n) is 1.86. The fraction of sp³-hybridized carbons (Fsp3) is 0.0588. The van der Waals surface area contributed by atoms with Gasteiger partial charge in [-0.3, -0.25) is 4.79 Å². The molecule has 0 radical (unpaired) electrons. The third-order valence-corrected chi connectivity index (χ3v) is 3.27. The molecule has 1 amide bonds. The number of ether oxygens (including phenoxy) is 1. The van der Waals surface area contributed by atoms with Gasteiger partial charge in [0.25, 0.3) is 5.91 Å². The number of para-hydroxylation sites is 1. The number of nitrogens with zero attached hydrogens (tertiary/aromatic N) is 1. The SMILES string of the molecule is COc1ccccc1/C=C(\C#N)C(=O)Nc1ccc(F)c(Cl)c1. The second kappa shape index (κ2) is 7.43. The van der Waals surface area contributed by atoms with Crippen molar-refractivity contribution in [3.63, 3.8) is 0 Å². The van der Waals surface area contributed by atoms with E-state index in [0.717, 1.165) is 6.07 Å². The average molecular weight is 331 g/mol. The van der Waals surface area contributed by atoms with Crippen molar-refractivity contribution in [3.05, 3.63) is 64.4 Å². The van der Waals surface area contributed by atoms with E-state index in [9.17, 15) is 14.4 Å². The molecule has 0 heterocycles. The molecule has 1 N–H and O–H groups in total. The maximum absolute atomic E-state index is 13.1. The van der Waals surface area contributed by atoms with Crippen molar-refractivity contribution in [2.24, 2.45) is 0 Å². The monoisotopic (exact) mass is 330 g/mol. The molecule has 0 saturated heterocycles. The van der Waals surface area contributed by atoms with Gasteiger partial charge >= 0.3 is 0 Å². The Hall–Kier alpha value is -2.84. The summed E-state index contributed by atoms with van der Waals surface area (Å²) in [5.41, 5.74) is 0.774. The average Bonchev–Trinajstić information content (AvgIpc) is 2.56. The number of methoxy groups -OCH3 is 1. The van der Waals surface area contributed by atoms with E-state index in [4.69, 9.17) is 16.3 Å². The molecule has 0 unspecified atom stereocenters. The van der Waals surface area contributed by atoms with Crippen molar-refractivity contribution in [1.29, 1.82) is 5.26 Å². The first-order valence-electron chi connectivity index (χ1n) is 6.56. The van der Waals surface area contributed by atoms with Gasteiger partial charge in [0, 0.05) is 11.3 Å². The molecular weight excluding hydrogens is 319 g/mol. The minimum absolute atomic E-state index is 0.116. The van der Waals surface area contributed by atoms with Crippen LogP contribution in [0.4, 0.5) is 10.1 Å². The number of hydrogen-bond donors (Lipinski definition) is 1. The molecule has 0 aromatic heterocycles. The lowest BCUT2D eigenvalue weighted by atomic mass is 10.1. The van der Waals surface area contributed by atoms with Crippen molar-refractivity contribution in [2.75, 3.05) is 12.4 Å². The third kappa shape index (κ3) is 4.09. The summed E-state index contributed by atoms with van der Waals surface area (Å²) >= 11 is 5.66. The zero-order valence-electron chi connectivity index (χ0n) is 12.1.